The van der Waals surface area contributed by atoms with Crippen LogP contribution in [0.4, 0.5) is 4.39 Å². The van der Waals surface area contributed by atoms with Gasteiger partial charge in [0.05, 0.1) is 5.04 Å². The van der Waals surface area contributed by atoms with E-state index in [0.29, 0.717) is 33.5 Å². The van der Waals surface area contributed by atoms with Crippen LogP contribution in [0, 0.1) is 5.82 Å². The van der Waals surface area contributed by atoms with Gasteiger partial charge in [0.15, 0.2) is 11.2 Å². The van der Waals surface area contributed by atoms with Crippen molar-refractivity contribution in [2.24, 2.45) is 4.99 Å². The first-order valence-corrected chi connectivity index (χ1v) is 12.4. The molecule has 1 atom stereocenters. The summed E-state index contributed by atoms with van der Waals surface area (Å²) >= 11 is 2.79. The van der Waals surface area contributed by atoms with Crippen LogP contribution in [-0.4, -0.2) is 58.3 Å². The van der Waals surface area contributed by atoms with Crippen LogP contribution in [-0.2, 0) is 11.2 Å². The third-order valence-corrected chi connectivity index (χ3v) is 7.99. The summed E-state index contributed by atoms with van der Waals surface area (Å²) in [6.45, 7) is 0. The number of hydrogen-bond donors (Lipinski definition) is 3. The number of para-hydroxylation sites is 1. The molecule has 11 heteroatoms. The molecule has 3 N–H and O–H groups in total. The van der Waals surface area contributed by atoms with E-state index in [9.17, 15) is 14.3 Å². The molecule has 5 aromatic rings. The SMILES string of the molecule is O=C(O)C1(Cc2cc3ccc(F)cc3[nH]2)CSC(CSc2nnc3c(n2)[nH]c2ccccc23)=N1. The molecule has 0 saturated heterocycles. The molecule has 1 aliphatic rings. The summed E-state index contributed by atoms with van der Waals surface area (Å²) in [5, 5.41) is 21.6. The van der Waals surface area contributed by atoms with Gasteiger partial charge in [-0.3, -0.25) is 4.99 Å². The maximum atomic E-state index is 13.5. The first-order chi connectivity index (χ1) is 16.5. The average Bonchev–Trinajstić information content (AvgIpc) is 3.52. The minimum atomic E-state index is -1.28. The highest BCUT2D eigenvalue weighted by atomic mass is 32.2. The number of hydrogen-bond acceptors (Lipinski definition) is 7. The predicted molar refractivity (Wildman–Crippen MR) is 132 cm³/mol. The molecule has 0 radical (unpaired) electrons. The van der Waals surface area contributed by atoms with Crippen molar-refractivity contribution < 1.29 is 14.3 Å². The van der Waals surface area contributed by atoms with Crippen LogP contribution in [0.3, 0.4) is 0 Å². The Balaban J connectivity index is 1.21. The number of aromatic nitrogens is 5. The zero-order valence-corrected chi connectivity index (χ0v) is 19.2. The lowest BCUT2D eigenvalue weighted by atomic mass is 9.96. The van der Waals surface area contributed by atoms with Gasteiger partial charge in [-0.25, -0.2) is 14.2 Å². The van der Waals surface area contributed by atoms with Crippen LogP contribution in [0.1, 0.15) is 5.69 Å². The van der Waals surface area contributed by atoms with Crippen LogP contribution in [0.5, 0.6) is 0 Å². The maximum Gasteiger partial charge on any atom is 0.332 e. The van der Waals surface area contributed by atoms with Gasteiger partial charge in [-0.15, -0.1) is 22.0 Å². The number of carbonyl (C=O) groups is 1. The number of H-pyrrole nitrogens is 2. The Morgan fingerprint density at radius 1 is 1.15 bits per heavy atom. The van der Waals surface area contributed by atoms with Crippen molar-refractivity contribution in [3.63, 3.8) is 0 Å². The molecule has 0 bridgehead atoms. The van der Waals surface area contributed by atoms with Crippen LogP contribution in [0.15, 0.2) is 58.7 Å². The van der Waals surface area contributed by atoms with Gasteiger partial charge in [-0.1, -0.05) is 30.0 Å². The van der Waals surface area contributed by atoms with Gasteiger partial charge < -0.3 is 15.1 Å². The molecule has 1 unspecified atom stereocenters. The molecular formula is C23H17FN6O2S2. The van der Waals surface area contributed by atoms with Crippen molar-refractivity contribution in [2.45, 2.75) is 17.1 Å². The number of carboxylic acid groups (broad SMARTS) is 1. The van der Waals surface area contributed by atoms with Crippen molar-refractivity contribution in [3.8, 4) is 0 Å². The number of aliphatic imine (C=N–C) groups is 1. The van der Waals surface area contributed by atoms with Gasteiger partial charge in [-0.2, -0.15) is 0 Å². The van der Waals surface area contributed by atoms with Gasteiger partial charge >= 0.3 is 5.97 Å². The Labute approximate surface area is 200 Å². The molecule has 6 rings (SSSR count). The molecule has 2 aromatic carbocycles. The Hall–Kier alpha value is -3.44. The number of nitrogens with one attached hydrogen (secondary N) is 2. The molecule has 0 aliphatic carbocycles. The number of nitrogens with zero attached hydrogens (tertiary/aromatic N) is 4. The Morgan fingerprint density at radius 3 is 2.91 bits per heavy atom. The summed E-state index contributed by atoms with van der Waals surface area (Å²) in [6, 6.07) is 14.1. The number of carboxylic acids is 1. The van der Waals surface area contributed by atoms with Crippen LogP contribution in [0.25, 0.3) is 33.0 Å². The van der Waals surface area contributed by atoms with Crippen LogP contribution < -0.4 is 0 Å². The van der Waals surface area contributed by atoms with E-state index in [-0.39, 0.29) is 12.2 Å². The molecule has 4 heterocycles. The number of thioether (sulfide) groups is 2. The van der Waals surface area contributed by atoms with Crippen molar-refractivity contribution in [1.29, 1.82) is 0 Å². The third-order valence-electron chi connectivity index (χ3n) is 5.76. The zero-order chi connectivity index (χ0) is 23.3. The lowest BCUT2D eigenvalue weighted by molar-refractivity contribution is -0.142. The minimum absolute atomic E-state index is 0.193. The quantitative estimate of drug-likeness (QED) is 0.300. The largest absolute Gasteiger partial charge is 0.479 e. The molecule has 0 fully saturated rings. The van der Waals surface area contributed by atoms with Gasteiger partial charge in [-0.05, 0) is 35.7 Å². The fourth-order valence-corrected chi connectivity index (χ4v) is 6.13. The maximum absolute atomic E-state index is 13.5. The monoisotopic (exact) mass is 492 g/mol. The summed E-state index contributed by atoms with van der Waals surface area (Å²) in [6.07, 6.45) is 0.193. The number of rotatable bonds is 6. The summed E-state index contributed by atoms with van der Waals surface area (Å²) in [5.74, 6) is -0.556. The van der Waals surface area contributed by atoms with Gasteiger partial charge in [0.1, 0.15) is 11.3 Å². The van der Waals surface area contributed by atoms with E-state index in [2.05, 4.69) is 30.1 Å². The fraction of sp³-hybridized carbons (Fsp3) is 0.174. The normalized spacial score (nSPS) is 18.2. The molecule has 170 valence electrons. The van der Waals surface area contributed by atoms with E-state index in [0.717, 1.165) is 26.8 Å². The number of fused-ring (bicyclic) bond motifs is 4. The van der Waals surface area contributed by atoms with Gasteiger partial charge in [0, 0.05) is 40.0 Å². The van der Waals surface area contributed by atoms with E-state index in [1.54, 1.807) is 6.07 Å². The molecule has 8 nitrogen and oxygen atoms in total. The molecular weight excluding hydrogens is 475 g/mol. The average molecular weight is 493 g/mol. The third kappa shape index (κ3) is 3.70. The number of aromatic amines is 2. The van der Waals surface area contributed by atoms with E-state index in [1.807, 2.05) is 30.3 Å². The molecule has 1 aliphatic heterocycles. The number of halogens is 1. The summed E-state index contributed by atoms with van der Waals surface area (Å²) in [7, 11) is 0. The summed E-state index contributed by atoms with van der Waals surface area (Å²) < 4.78 is 13.5. The highest BCUT2D eigenvalue weighted by molar-refractivity contribution is 8.16. The second-order valence-electron chi connectivity index (χ2n) is 8.08. The predicted octanol–water partition coefficient (Wildman–Crippen LogP) is 4.43. The number of aliphatic carboxylic acids is 1. The van der Waals surface area contributed by atoms with Gasteiger partial charge in [0.25, 0.3) is 0 Å². The van der Waals surface area contributed by atoms with E-state index in [4.69, 9.17) is 0 Å². The lowest BCUT2D eigenvalue weighted by Crippen LogP contribution is -2.39. The highest BCUT2D eigenvalue weighted by Gasteiger charge is 2.43. The van der Waals surface area contributed by atoms with Crippen molar-refractivity contribution in [2.75, 3.05) is 11.5 Å². The van der Waals surface area contributed by atoms with Crippen LogP contribution >= 0.6 is 23.5 Å². The molecule has 3 aromatic heterocycles. The Bertz CT molecular complexity index is 1610. The second kappa shape index (κ2) is 8.10. The van der Waals surface area contributed by atoms with E-state index >= 15 is 0 Å². The topological polar surface area (TPSA) is 120 Å². The van der Waals surface area contributed by atoms with Crippen molar-refractivity contribution in [3.05, 3.63) is 60.0 Å². The van der Waals surface area contributed by atoms with E-state index < -0.39 is 11.5 Å². The van der Waals surface area contributed by atoms with Crippen molar-refractivity contribution in [1.82, 2.24) is 25.1 Å². The van der Waals surface area contributed by atoms with E-state index in [1.165, 1.54) is 35.7 Å². The summed E-state index contributed by atoms with van der Waals surface area (Å²) in [4.78, 5) is 27.7. The molecule has 34 heavy (non-hydrogen) atoms. The van der Waals surface area contributed by atoms with Gasteiger partial charge in [0.2, 0.25) is 5.16 Å². The molecule has 0 spiro atoms. The Morgan fingerprint density at radius 2 is 2.03 bits per heavy atom. The second-order valence-corrected chi connectivity index (χ2v) is 10.1. The van der Waals surface area contributed by atoms with Crippen LogP contribution in [0.2, 0.25) is 0 Å². The first kappa shape index (κ1) is 21.1. The number of benzene rings is 2. The molecule has 0 saturated carbocycles. The Kier molecular flexibility index (Phi) is 5.03. The smallest absolute Gasteiger partial charge is 0.332 e. The summed E-state index contributed by atoms with van der Waals surface area (Å²) in [5.41, 5.74) is 2.39. The lowest BCUT2D eigenvalue weighted by Gasteiger charge is -2.19. The highest BCUT2D eigenvalue weighted by Crippen LogP contribution is 2.34. The molecule has 0 amide bonds. The first-order valence-electron chi connectivity index (χ1n) is 10.5. The fourth-order valence-electron chi connectivity index (χ4n) is 4.12. The van der Waals surface area contributed by atoms with Crippen molar-refractivity contribution >= 4 is 67.5 Å². The minimum Gasteiger partial charge on any atom is -0.479 e. The zero-order valence-electron chi connectivity index (χ0n) is 17.6. The standard InChI is InChI=1S/C23H17FN6O2S2/c24-13-6-5-12-7-14(25-17(12)8-13)9-23(21(31)32)11-34-18(28-23)10-33-22-27-20-19(29-30-22)15-3-1-2-4-16(15)26-20/h1-8,25H,9-11H2,(H,31,32)(H,26,27,30).